The van der Waals surface area contributed by atoms with E-state index in [-0.39, 0.29) is 5.82 Å². The molecule has 3 rings (SSSR count). The van der Waals surface area contributed by atoms with Gasteiger partial charge in [-0.2, -0.15) is 0 Å². The molecule has 0 saturated carbocycles. The minimum atomic E-state index is -0.265. The summed E-state index contributed by atoms with van der Waals surface area (Å²) >= 11 is 0. The molecule has 0 radical (unpaired) electrons. The molecule has 0 unspecified atom stereocenters. The van der Waals surface area contributed by atoms with Crippen LogP contribution in [0.1, 0.15) is 0 Å². The van der Waals surface area contributed by atoms with Gasteiger partial charge in [-0.1, -0.05) is 0 Å². The Morgan fingerprint density at radius 1 is 1.06 bits per heavy atom. The smallest absolute Gasteiger partial charge is 0.179 e. The van der Waals surface area contributed by atoms with E-state index in [1.54, 1.807) is 35.1 Å². The molecule has 78 valence electrons. The van der Waals surface area contributed by atoms with Crippen LogP contribution in [0.25, 0.3) is 17.0 Å². The van der Waals surface area contributed by atoms with E-state index in [4.69, 9.17) is 0 Å². The lowest BCUT2D eigenvalue weighted by Gasteiger charge is -1.98. The van der Waals surface area contributed by atoms with Crippen molar-refractivity contribution in [2.75, 3.05) is 0 Å². The highest BCUT2D eigenvalue weighted by molar-refractivity contribution is 5.58. The SMILES string of the molecule is Fc1ccc(-c2nnc3cnccn23)cc1. The van der Waals surface area contributed by atoms with Crippen molar-refractivity contribution in [3.8, 4) is 11.4 Å². The molecular weight excluding hydrogens is 207 g/mol. The molecular formula is C11H7FN4. The Hall–Kier alpha value is -2.30. The summed E-state index contributed by atoms with van der Waals surface area (Å²) in [6.07, 6.45) is 5.05. The van der Waals surface area contributed by atoms with Gasteiger partial charge in [0.2, 0.25) is 0 Å². The Morgan fingerprint density at radius 2 is 1.88 bits per heavy atom. The first-order valence-electron chi connectivity index (χ1n) is 4.75. The first-order chi connectivity index (χ1) is 7.84. The van der Waals surface area contributed by atoms with Gasteiger partial charge in [0.05, 0.1) is 6.20 Å². The molecule has 5 heteroatoms. The molecule has 2 aromatic heterocycles. The van der Waals surface area contributed by atoms with Crippen LogP contribution in [0.4, 0.5) is 4.39 Å². The van der Waals surface area contributed by atoms with Crippen LogP contribution in [-0.2, 0) is 0 Å². The van der Waals surface area contributed by atoms with Crippen molar-refractivity contribution in [3.05, 3.63) is 48.7 Å². The number of hydrogen-bond donors (Lipinski definition) is 0. The number of hydrogen-bond acceptors (Lipinski definition) is 3. The van der Waals surface area contributed by atoms with Crippen LogP contribution in [0, 0.1) is 5.82 Å². The quantitative estimate of drug-likeness (QED) is 0.621. The summed E-state index contributed by atoms with van der Waals surface area (Å²) in [5, 5.41) is 8.02. The molecule has 0 fully saturated rings. The Kier molecular flexibility index (Phi) is 1.89. The molecule has 0 amide bonds. The maximum Gasteiger partial charge on any atom is 0.179 e. The van der Waals surface area contributed by atoms with E-state index in [1.165, 1.54) is 12.1 Å². The number of fused-ring (bicyclic) bond motifs is 1. The van der Waals surface area contributed by atoms with Gasteiger partial charge in [-0.3, -0.25) is 9.38 Å². The van der Waals surface area contributed by atoms with Crippen LogP contribution in [0.5, 0.6) is 0 Å². The highest BCUT2D eigenvalue weighted by atomic mass is 19.1. The molecule has 0 saturated heterocycles. The Labute approximate surface area is 90.4 Å². The van der Waals surface area contributed by atoms with Crippen molar-refractivity contribution < 1.29 is 4.39 Å². The number of nitrogens with zero attached hydrogens (tertiary/aromatic N) is 4. The molecule has 2 heterocycles. The summed E-state index contributed by atoms with van der Waals surface area (Å²) in [5.41, 5.74) is 1.49. The van der Waals surface area contributed by atoms with Gasteiger partial charge in [-0.25, -0.2) is 4.39 Å². The van der Waals surface area contributed by atoms with E-state index in [2.05, 4.69) is 15.2 Å². The maximum atomic E-state index is 12.8. The highest BCUT2D eigenvalue weighted by Gasteiger charge is 2.06. The lowest BCUT2D eigenvalue weighted by atomic mass is 10.2. The highest BCUT2D eigenvalue weighted by Crippen LogP contribution is 2.17. The lowest BCUT2D eigenvalue weighted by molar-refractivity contribution is 0.628. The standard InChI is InChI=1S/C11H7FN4/c12-9-3-1-8(2-4-9)11-15-14-10-7-13-5-6-16(10)11/h1-7H. The molecule has 0 aliphatic carbocycles. The second-order valence-corrected chi connectivity index (χ2v) is 3.34. The summed E-state index contributed by atoms with van der Waals surface area (Å²) < 4.78 is 14.6. The molecule has 4 nitrogen and oxygen atoms in total. The molecule has 0 aliphatic heterocycles. The van der Waals surface area contributed by atoms with Crippen molar-refractivity contribution in [1.82, 2.24) is 19.6 Å². The van der Waals surface area contributed by atoms with Gasteiger partial charge < -0.3 is 0 Å². The molecule has 0 aliphatic rings. The third-order valence-electron chi connectivity index (χ3n) is 2.32. The zero-order valence-corrected chi connectivity index (χ0v) is 8.21. The molecule has 0 N–H and O–H groups in total. The van der Waals surface area contributed by atoms with Crippen LogP contribution < -0.4 is 0 Å². The first kappa shape index (κ1) is 8.96. The number of benzene rings is 1. The second kappa shape index (κ2) is 3.37. The fraction of sp³-hybridized carbons (Fsp3) is 0. The number of rotatable bonds is 1. The van der Waals surface area contributed by atoms with Crippen molar-refractivity contribution >= 4 is 5.65 Å². The molecule has 0 atom stereocenters. The largest absolute Gasteiger partial charge is 0.280 e. The number of halogens is 1. The summed E-state index contributed by atoms with van der Waals surface area (Å²) in [6, 6.07) is 6.15. The summed E-state index contributed by atoms with van der Waals surface area (Å²) in [5.74, 6) is 0.414. The van der Waals surface area contributed by atoms with Crippen molar-refractivity contribution in [2.45, 2.75) is 0 Å². The number of aromatic nitrogens is 4. The third kappa shape index (κ3) is 1.33. The Balaban J connectivity index is 2.22. The second-order valence-electron chi connectivity index (χ2n) is 3.34. The normalized spacial score (nSPS) is 10.8. The van der Waals surface area contributed by atoms with Crippen LogP contribution in [0.2, 0.25) is 0 Å². The molecule has 0 bridgehead atoms. The van der Waals surface area contributed by atoms with E-state index >= 15 is 0 Å². The lowest BCUT2D eigenvalue weighted by Crippen LogP contribution is -1.89. The minimum absolute atomic E-state index is 0.265. The maximum absolute atomic E-state index is 12.8. The van der Waals surface area contributed by atoms with Crippen LogP contribution in [0.3, 0.4) is 0 Å². The van der Waals surface area contributed by atoms with Gasteiger partial charge in [-0.05, 0) is 24.3 Å². The van der Waals surface area contributed by atoms with Gasteiger partial charge in [0, 0.05) is 18.0 Å². The summed E-state index contributed by atoms with van der Waals surface area (Å²) in [4.78, 5) is 3.95. The molecule has 16 heavy (non-hydrogen) atoms. The van der Waals surface area contributed by atoms with Crippen LogP contribution in [0.15, 0.2) is 42.9 Å². The van der Waals surface area contributed by atoms with E-state index in [9.17, 15) is 4.39 Å². The predicted molar refractivity (Wildman–Crippen MR) is 56.2 cm³/mol. The zero-order chi connectivity index (χ0) is 11.0. The van der Waals surface area contributed by atoms with E-state index < -0.39 is 0 Å². The Bertz CT molecular complexity index is 630. The van der Waals surface area contributed by atoms with Crippen molar-refractivity contribution in [3.63, 3.8) is 0 Å². The molecule has 1 aromatic carbocycles. The molecule has 0 spiro atoms. The topological polar surface area (TPSA) is 43.1 Å². The summed E-state index contributed by atoms with van der Waals surface area (Å²) in [7, 11) is 0. The minimum Gasteiger partial charge on any atom is -0.280 e. The fourth-order valence-corrected chi connectivity index (χ4v) is 1.55. The van der Waals surface area contributed by atoms with Gasteiger partial charge in [0.1, 0.15) is 5.82 Å². The van der Waals surface area contributed by atoms with Crippen LogP contribution in [-0.4, -0.2) is 19.6 Å². The monoisotopic (exact) mass is 214 g/mol. The van der Waals surface area contributed by atoms with Gasteiger partial charge in [-0.15, -0.1) is 10.2 Å². The average molecular weight is 214 g/mol. The van der Waals surface area contributed by atoms with E-state index in [0.717, 1.165) is 5.56 Å². The predicted octanol–water partition coefficient (Wildman–Crippen LogP) is 1.93. The van der Waals surface area contributed by atoms with Crippen LogP contribution >= 0.6 is 0 Å². The molecule has 3 aromatic rings. The first-order valence-corrected chi connectivity index (χ1v) is 4.75. The van der Waals surface area contributed by atoms with Crippen molar-refractivity contribution in [2.24, 2.45) is 0 Å². The van der Waals surface area contributed by atoms with E-state index in [1.807, 2.05) is 0 Å². The average Bonchev–Trinajstić information content (AvgIpc) is 2.74. The van der Waals surface area contributed by atoms with Crippen molar-refractivity contribution in [1.29, 1.82) is 0 Å². The fourth-order valence-electron chi connectivity index (χ4n) is 1.55. The van der Waals surface area contributed by atoms with Gasteiger partial charge >= 0.3 is 0 Å². The van der Waals surface area contributed by atoms with Gasteiger partial charge in [0.15, 0.2) is 11.5 Å². The van der Waals surface area contributed by atoms with Gasteiger partial charge in [0.25, 0.3) is 0 Å². The summed E-state index contributed by atoms with van der Waals surface area (Å²) in [6.45, 7) is 0. The van der Waals surface area contributed by atoms with E-state index in [0.29, 0.717) is 11.5 Å². The third-order valence-corrected chi connectivity index (χ3v) is 2.32. The zero-order valence-electron chi connectivity index (χ0n) is 8.21. The Morgan fingerprint density at radius 3 is 2.69 bits per heavy atom.